The molecular formula is C28H31ClN4O2S. The lowest BCUT2D eigenvalue weighted by Crippen LogP contribution is -2.46. The van der Waals surface area contributed by atoms with E-state index in [1.165, 1.54) is 11.8 Å². The lowest BCUT2D eigenvalue weighted by atomic mass is 9.92. The van der Waals surface area contributed by atoms with Crippen LogP contribution in [-0.4, -0.2) is 39.4 Å². The van der Waals surface area contributed by atoms with Gasteiger partial charge in [-0.05, 0) is 56.4 Å². The Morgan fingerprint density at radius 1 is 1.11 bits per heavy atom. The smallest absolute Gasteiger partial charge is 0.251 e. The van der Waals surface area contributed by atoms with Crippen LogP contribution in [0.4, 0.5) is 0 Å². The Morgan fingerprint density at radius 2 is 1.78 bits per heavy atom. The van der Waals surface area contributed by atoms with Crippen LogP contribution in [0.15, 0.2) is 82.0 Å². The predicted molar refractivity (Wildman–Crippen MR) is 147 cm³/mol. The first kappa shape index (κ1) is 26.0. The van der Waals surface area contributed by atoms with E-state index in [-0.39, 0.29) is 18.2 Å². The number of carbonyl (C=O) groups is 2. The van der Waals surface area contributed by atoms with Crippen molar-refractivity contribution in [2.75, 3.05) is 7.05 Å². The molecule has 0 radical (unpaired) electrons. The lowest BCUT2D eigenvalue weighted by Gasteiger charge is -2.37. The zero-order valence-corrected chi connectivity index (χ0v) is 22.8. The third-order valence-corrected chi connectivity index (χ3v) is 7.08. The zero-order valence-electron chi connectivity index (χ0n) is 21.2. The topological polar surface area (TPSA) is 65.0 Å². The fourth-order valence-corrected chi connectivity index (χ4v) is 5.35. The Labute approximate surface area is 222 Å². The maximum absolute atomic E-state index is 13.5. The normalized spacial score (nSPS) is 17.4. The van der Waals surface area contributed by atoms with Gasteiger partial charge in [0.15, 0.2) is 5.17 Å². The third-order valence-electron chi connectivity index (χ3n) is 5.94. The second kappa shape index (κ2) is 10.5. The number of carbonyl (C=O) groups excluding carboxylic acids is 2. The number of aliphatic imine (C=N–C) groups is 1. The van der Waals surface area contributed by atoms with Crippen molar-refractivity contribution in [2.24, 2.45) is 4.99 Å². The van der Waals surface area contributed by atoms with Crippen molar-refractivity contribution in [1.29, 1.82) is 0 Å². The average Bonchev–Trinajstić information content (AvgIpc) is 3.20. The number of nitrogens with one attached hydrogen (secondary N) is 1. The first-order valence-electron chi connectivity index (χ1n) is 11.8. The molecule has 1 unspecified atom stereocenters. The molecule has 188 valence electrons. The number of hydrogen-bond acceptors (Lipinski definition) is 5. The summed E-state index contributed by atoms with van der Waals surface area (Å²) in [6, 6.07) is 17.0. The van der Waals surface area contributed by atoms with Crippen molar-refractivity contribution in [2.45, 2.75) is 52.2 Å². The second-order valence-corrected chi connectivity index (χ2v) is 11.3. The fraction of sp³-hybridized carbons (Fsp3) is 0.321. The van der Waals surface area contributed by atoms with E-state index in [0.29, 0.717) is 22.8 Å². The highest BCUT2D eigenvalue weighted by Crippen LogP contribution is 2.45. The molecule has 2 aliphatic heterocycles. The Balaban J connectivity index is 1.65. The molecule has 2 amide bonds. The second-order valence-electron chi connectivity index (χ2n) is 10.1. The molecule has 0 aliphatic carbocycles. The molecule has 0 bridgehead atoms. The van der Waals surface area contributed by atoms with Crippen LogP contribution in [0.5, 0.6) is 0 Å². The summed E-state index contributed by atoms with van der Waals surface area (Å²) in [5.41, 5.74) is 3.61. The minimum atomic E-state index is -0.425. The van der Waals surface area contributed by atoms with E-state index in [2.05, 4.69) is 5.32 Å². The number of fused-ring (bicyclic) bond motifs is 1. The fourth-order valence-electron chi connectivity index (χ4n) is 4.26. The van der Waals surface area contributed by atoms with Gasteiger partial charge in [-0.1, -0.05) is 65.8 Å². The average molecular weight is 523 g/mol. The summed E-state index contributed by atoms with van der Waals surface area (Å²) in [4.78, 5) is 35.3. The maximum atomic E-state index is 13.5. The van der Waals surface area contributed by atoms with Crippen molar-refractivity contribution >= 4 is 40.3 Å². The summed E-state index contributed by atoms with van der Waals surface area (Å²) < 4.78 is 0. The number of halogens is 1. The Bertz CT molecular complexity index is 1250. The van der Waals surface area contributed by atoms with Gasteiger partial charge in [0.05, 0.1) is 23.7 Å². The highest BCUT2D eigenvalue weighted by atomic mass is 35.5. The monoisotopic (exact) mass is 522 g/mol. The quantitative estimate of drug-likeness (QED) is 0.514. The summed E-state index contributed by atoms with van der Waals surface area (Å²) >= 11 is 7.66. The van der Waals surface area contributed by atoms with Gasteiger partial charge in [0.1, 0.15) is 0 Å². The highest BCUT2D eigenvalue weighted by Gasteiger charge is 2.41. The molecule has 1 N–H and O–H groups in total. The van der Waals surface area contributed by atoms with Crippen LogP contribution < -0.4 is 5.32 Å². The summed E-state index contributed by atoms with van der Waals surface area (Å²) in [5, 5.41) is 6.43. The summed E-state index contributed by atoms with van der Waals surface area (Å²) in [5.74, 6) is -0.180. The van der Waals surface area contributed by atoms with Crippen molar-refractivity contribution in [3.8, 4) is 0 Å². The van der Waals surface area contributed by atoms with Crippen LogP contribution in [0.1, 0.15) is 51.3 Å². The molecule has 4 rings (SSSR count). The van der Waals surface area contributed by atoms with Crippen molar-refractivity contribution < 1.29 is 9.59 Å². The standard InChI is InChI=1S/C28H31ClN4O2S/c1-18-24(26(35)31-28(2,3)4)25(20-11-13-21(29)14-12-20)33-22(17-36-27(33)30-18)15-23(34)32(5)16-19-9-7-6-8-10-19/h6-14,17,25H,15-16H2,1-5H3,(H,31,35). The Kier molecular flexibility index (Phi) is 7.62. The number of allylic oxidation sites excluding steroid dienone is 1. The molecule has 2 aromatic carbocycles. The Morgan fingerprint density at radius 3 is 2.42 bits per heavy atom. The minimum absolute atomic E-state index is 0.00576. The summed E-state index contributed by atoms with van der Waals surface area (Å²) in [7, 11) is 1.81. The van der Waals surface area contributed by atoms with Crippen LogP contribution in [0.2, 0.25) is 5.02 Å². The molecule has 0 saturated carbocycles. The molecule has 36 heavy (non-hydrogen) atoms. The summed E-state index contributed by atoms with van der Waals surface area (Å²) in [6.45, 7) is 8.25. The Hall–Kier alpha value is -3.03. The van der Waals surface area contributed by atoms with Crippen LogP contribution >= 0.6 is 23.4 Å². The molecule has 8 heteroatoms. The molecule has 6 nitrogen and oxygen atoms in total. The van der Waals surface area contributed by atoms with Gasteiger partial charge in [-0.25, -0.2) is 4.99 Å². The van der Waals surface area contributed by atoms with E-state index in [1.54, 1.807) is 4.90 Å². The van der Waals surface area contributed by atoms with E-state index < -0.39 is 11.6 Å². The van der Waals surface area contributed by atoms with E-state index in [9.17, 15) is 9.59 Å². The number of rotatable bonds is 6. The number of thioether (sulfide) groups is 1. The molecule has 2 aromatic rings. The molecule has 0 fully saturated rings. The van der Waals surface area contributed by atoms with Crippen LogP contribution in [0, 0.1) is 0 Å². The first-order valence-corrected chi connectivity index (χ1v) is 13.1. The first-order chi connectivity index (χ1) is 17.0. The van der Waals surface area contributed by atoms with Gasteiger partial charge in [-0.2, -0.15) is 0 Å². The van der Waals surface area contributed by atoms with E-state index in [1.807, 2.05) is 99.6 Å². The van der Waals surface area contributed by atoms with Crippen LogP contribution in [0.25, 0.3) is 0 Å². The van der Waals surface area contributed by atoms with Gasteiger partial charge >= 0.3 is 0 Å². The molecule has 1 atom stereocenters. The van der Waals surface area contributed by atoms with E-state index in [0.717, 1.165) is 22.0 Å². The van der Waals surface area contributed by atoms with Gasteiger partial charge < -0.3 is 15.1 Å². The largest absolute Gasteiger partial charge is 0.348 e. The molecule has 0 spiro atoms. The molecule has 2 heterocycles. The molecule has 0 aromatic heterocycles. The van der Waals surface area contributed by atoms with Gasteiger partial charge in [-0.3, -0.25) is 9.59 Å². The highest BCUT2D eigenvalue weighted by molar-refractivity contribution is 8.16. The van der Waals surface area contributed by atoms with E-state index >= 15 is 0 Å². The van der Waals surface area contributed by atoms with Gasteiger partial charge in [0, 0.05) is 29.9 Å². The van der Waals surface area contributed by atoms with Gasteiger partial charge in [0.2, 0.25) is 5.91 Å². The molecular weight excluding hydrogens is 492 g/mol. The third kappa shape index (κ3) is 5.85. The molecule has 2 aliphatic rings. The van der Waals surface area contributed by atoms with Crippen molar-refractivity contribution in [3.63, 3.8) is 0 Å². The zero-order chi connectivity index (χ0) is 26.0. The van der Waals surface area contributed by atoms with Crippen LogP contribution in [0.3, 0.4) is 0 Å². The van der Waals surface area contributed by atoms with Gasteiger partial charge in [0.25, 0.3) is 5.91 Å². The number of amidine groups is 1. The van der Waals surface area contributed by atoms with Crippen LogP contribution in [-0.2, 0) is 16.1 Å². The summed E-state index contributed by atoms with van der Waals surface area (Å²) in [6.07, 6.45) is 0.201. The van der Waals surface area contributed by atoms with Crippen molar-refractivity contribution in [3.05, 3.63) is 93.1 Å². The number of nitrogens with zero attached hydrogens (tertiary/aromatic N) is 3. The van der Waals surface area contributed by atoms with Gasteiger partial charge in [-0.15, -0.1) is 0 Å². The SMILES string of the molecule is CC1=C(C(=O)NC(C)(C)C)C(c2ccc(Cl)cc2)N2C(CC(=O)N(C)Cc3ccccc3)=CSC2=N1. The maximum Gasteiger partial charge on any atom is 0.251 e. The minimum Gasteiger partial charge on any atom is -0.348 e. The number of amides is 2. The predicted octanol–water partition coefficient (Wildman–Crippen LogP) is 5.88. The molecule has 0 saturated heterocycles. The number of hydrogen-bond donors (Lipinski definition) is 1. The van der Waals surface area contributed by atoms with E-state index in [4.69, 9.17) is 16.6 Å². The number of benzene rings is 2. The lowest BCUT2D eigenvalue weighted by molar-refractivity contribution is -0.129. The van der Waals surface area contributed by atoms with Crippen molar-refractivity contribution in [1.82, 2.24) is 15.1 Å².